The van der Waals surface area contributed by atoms with Crippen LogP contribution < -0.4 is 5.32 Å². The minimum Gasteiger partial charge on any atom is -0.361 e. The van der Waals surface area contributed by atoms with E-state index in [9.17, 15) is 14.9 Å². The van der Waals surface area contributed by atoms with Crippen molar-refractivity contribution >= 4 is 17.4 Å². The van der Waals surface area contributed by atoms with Crippen molar-refractivity contribution in [1.29, 1.82) is 0 Å². The van der Waals surface area contributed by atoms with E-state index in [0.717, 1.165) is 25.9 Å². The Morgan fingerprint density at radius 2 is 2.11 bits per heavy atom. The number of pyridine rings is 1. The summed E-state index contributed by atoms with van der Waals surface area (Å²) < 4.78 is 0. The average molecular weight is 264 g/mol. The minimum atomic E-state index is -0.504. The number of amides is 1. The summed E-state index contributed by atoms with van der Waals surface area (Å²) >= 11 is 0. The van der Waals surface area contributed by atoms with Crippen LogP contribution in [0.4, 0.5) is 11.5 Å². The van der Waals surface area contributed by atoms with E-state index in [1.165, 1.54) is 24.8 Å². The molecule has 0 spiro atoms. The van der Waals surface area contributed by atoms with Crippen molar-refractivity contribution in [3.05, 3.63) is 28.4 Å². The van der Waals surface area contributed by atoms with E-state index in [-0.39, 0.29) is 18.1 Å². The Morgan fingerprint density at radius 3 is 2.68 bits per heavy atom. The van der Waals surface area contributed by atoms with Crippen LogP contribution in [0.5, 0.6) is 0 Å². The van der Waals surface area contributed by atoms with Gasteiger partial charge in [-0.2, -0.15) is 0 Å². The molecule has 0 bridgehead atoms. The number of rotatable bonds is 4. The van der Waals surface area contributed by atoms with Crippen molar-refractivity contribution in [2.24, 2.45) is 0 Å². The third-order valence-corrected chi connectivity index (χ3v) is 3.09. The summed E-state index contributed by atoms with van der Waals surface area (Å²) in [6.45, 7) is 1.80. The van der Waals surface area contributed by atoms with Crippen LogP contribution in [-0.2, 0) is 4.79 Å². The molecule has 102 valence electrons. The lowest BCUT2D eigenvalue weighted by Gasteiger charge is -2.26. The largest absolute Gasteiger partial charge is 0.361 e. The molecule has 0 unspecified atom stereocenters. The number of nitrogens with zero attached hydrogens (tertiary/aromatic N) is 3. The number of anilines is 1. The molecule has 0 saturated carbocycles. The van der Waals surface area contributed by atoms with Gasteiger partial charge in [-0.1, -0.05) is 0 Å². The highest BCUT2D eigenvalue weighted by Gasteiger charge is 2.16. The highest BCUT2D eigenvalue weighted by atomic mass is 16.6. The van der Waals surface area contributed by atoms with Crippen molar-refractivity contribution in [3.63, 3.8) is 0 Å². The Hall–Kier alpha value is -2.18. The quantitative estimate of drug-likeness (QED) is 0.656. The van der Waals surface area contributed by atoms with Crippen molar-refractivity contribution < 1.29 is 9.72 Å². The maximum Gasteiger partial charge on any atom is 0.287 e. The van der Waals surface area contributed by atoms with Crippen LogP contribution in [0.2, 0.25) is 0 Å². The predicted molar refractivity (Wildman–Crippen MR) is 69.8 cm³/mol. The zero-order valence-electron chi connectivity index (χ0n) is 10.5. The molecule has 1 aliphatic rings. The van der Waals surface area contributed by atoms with Crippen molar-refractivity contribution in [2.45, 2.75) is 19.3 Å². The molecule has 0 aliphatic carbocycles. The monoisotopic (exact) mass is 264 g/mol. The molecule has 2 heterocycles. The second-order valence-electron chi connectivity index (χ2n) is 4.45. The average Bonchev–Trinajstić information content (AvgIpc) is 2.46. The number of hydrogen-bond acceptors (Lipinski definition) is 5. The van der Waals surface area contributed by atoms with Crippen molar-refractivity contribution in [2.75, 3.05) is 25.0 Å². The highest BCUT2D eigenvalue weighted by Crippen LogP contribution is 2.12. The second kappa shape index (κ2) is 6.12. The third-order valence-electron chi connectivity index (χ3n) is 3.09. The molecule has 2 rings (SSSR count). The fraction of sp³-hybridized carbons (Fsp3) is 0.500. The standard InChI is InChI=1S/C12H16N4O3/c17-12(15-6-2-1-3-7-15)9-14-11-5-4-10(8-13-11)16(18)19/h4-5,8H,1-3,6-7,9H2,(H,13,14). The first-order valence-corrected chi connectivity index (χ1v) is 6.29. The van der Waals surface area contributed by atoms with E-state index in [1.807, 2.05) is 4.90 Å². The molecule has 1 amide bonds. The number of likely N-dealkylation sites (tertiary alicyclic amines) is 1. The minimum absolute atomic E-state index is 0.0415. The fourth-order valence-corrected chi connectivity index (χ4v) is 2.02. The van der Waals surface area contributed by atoms with E-state index in [4.69, 9.17) is 0 Å². The van der Waals surface area contributed by atoms with Gasteiger partial charge < -0.3 is 10.2 Å². The van der Waals surface area contributed by atoms with E-state index in [0.29, 0.717) is 5.82 Å². The van der Waals surface area contributed by atoms with Crippen molar-refractivity contribution in [3.8, 4) is 0 Å². The number of carbonyl (C=O) groups is 1. The van der Waals surface area contributed by atoms with Gasteiger partial charge in [-0.25, -0.2) is 4.98 Å². The molecule has 1 fully saturated rings. The summed E-state index contributed by atoms with van der Waals surface area (Å²) in [7, 11) is 0. The van der Waals surface area contributed by atoms with Crippen LogP contribution in [0.25, 0.3) is 0 Å². The number of nitrogens with one attached hydrogen (secondary N) is 1. The second-order valence-corrected chi connectivity index (χ2v) is 4.45. The molecule has 1 aliphatic heterocycles. The summed E-state index contributed by atoms with van der Waals surface area (Å²) in [5, 5.41) is 13.4. The molecule has 1 aromatic heterocycles. The van der Waals surface area contributed by atoms with Crippen LogP contribution >= 0.6 is 0 Å². The normalized spacial score (nSPS) is 15.1. The Kier molecular flexibility index (Phi) is 4.27. The number of aromatic nitrogens is 1. The van der Waals surface area contributed by atoms with Gasteiger partial charge in [0.25, 0.3) is 5.69 Å². The third kappa shape index (κ3) is 3.64. The lowest BCUT2D eigenvalue weighted by atomic mass is 10.1. The summed E-state index contributed by atoms with van der Waals surface area (Å²) in [5.74, 6) is 0.510. The Labute approximate surface area is 110 Å². The van der Waals surface area contributed by atoms with Gasteiger partial charge in [-0.15, -0.1) is 0 Å². The molecule has 1 aromatic rings. The van der Waals surface area contributed by atoms with Gasteiger partial charge in [0, 0.05) is 19.2 Å². The van der Waals surface area contributed by atoms with Crippen LogP contribution in [0, 0.1) is 10.1 Å². The SMILES string of the molecule is O=C(CNc1ccc([N+](=O)[O-])cn1)N1CCCCC1. The fourth-order valence-electron chi connectivity index (χ4n) is 2.02. The zero-order chi connectivity index (χ0) is 13.7. The van der Waals surface area contributed by atoms with Crippen LogP contribution in [0.3, 0.4) is 0 Å². The maximum absolute atomic E-state index is 11.9. The molecule has 7 heteroatoms. The lowest BCUT2D eigenvalue weighted by Crippen LogP contribution is -2.39. The first kappa shape index (κ1) is 13.3. The van der Waals surface area contributed by atoms with Gasteiger partial charge in [-0.3, -0.25) is 14.9 Å². The van der Waals surface area contributed by atoms with E-state index >= 15 is 0 Å². The summed E-state index contributed by atoms with van der Waals surface area (Å²) in [6, 6.07) is 2.86. The Morgan fingerprint density at radius 1 is 1.37 bits per heavy atom. The number of nitro groups is 1. The van der Waals surface area contributed by atoms with Gasteiger partial charge in [0.2, 0.25) is 5.91 Å². The predicted octanol–water partition coefficient (Wildman–Crippen LogP) is 1.41. The molecule has 1 saturated heterocycles. The zero-order valence-corrected chi connectivity index (χ0v) is 10.5. The maximum atomic E-state index is 11.9. The van der Waals surface area contributed by atoms with Crippen LogP contribution in [0.15, 0.2) is 18.3 Å². The van der Waals surface area contributed by atoms with E-state index in [2.05, 4.69) is 10.3 Å². The Bertz CT molecular complexity index is 455. The van der Waals surface area contributed by atoms with Gasteiger partial charge in [-0.05, 0) is 25.3 Å². The molecular formula is C12H16N4O3. The van der Waals surface area contributed by atoms with E-state index < -0.39 is 4.92 Å². The lowest BCUT2D eigenvalue weighted by molar-refractivity contribution is -0.385. The van der Waals surface area contributed by atoms with Gasteiger partial charge in [0.15, 0.2) is 0 Å². The van der Waals surface area contributed by atoms with Gasteiger partial charge in [0.1, 0.15) is 12.0 Å². The van der Waals surface area contributed by atoms with E-state index in [1.54, 1.807) is 0 Å². The number of carbonyl (C=O) groups excluding carboxylic acids is 1. The first-order valence-electron chi connectivity index (χ1n) is 6.29. The molecule has 1 N–H and O–H groups in total. The number of hydrogen-bond donors (Lipinski definition) is 1. The van der Waals surface area contributed by atoms with Crippen molar-refractivity contribution in [1.82, 2.24) is 9.88 Å². The molecule has 0 radical (unpaired) electrons. The van der Waals surface area contributed by atoms with Gasteiger partial charge in [0.05, 0.1) is 11.5 Å². The van der Waals surface area contributed by atoms with Crippen LogP contribution in [-0.4, -0.2) is 40.3 Å². The molecule has 0 aromatic carbocycles. The number of piperidine rings is 1. The molecule has 7 nitrogen and oxygen atoms in total. The summed E-state index contributed by atoms with van der Waals surface area (Å²) in [4.78, 5) is 27.6. The van der Waals surface area contributed by atoms with Gasteiger partial charge >= 0.3 is 0 Å². The molecular weight excluding hydrogens is 248 g/mol. The molecule has 19 heavy (non-hydrogen) atoms. The summed E-state index contributed by atoms with van der Waals surface area (Å²) in [6.07, 6.45) is 4.47. The smallest absolute Gasteiger partial charge is 0.287 e. The summed E-state index contributed by atoms with van der Waals surface area (Å²) in [5.41, 5.74) is -0.0621. The molecule has 0 atom stereocenters. The topological polar surface area (TPSA) is 88.4 Å². The van der Waals surface area contributed by atoms with Crippen LogP contribution in [0.1, 0.15) is 19.3 Å². The Balaban J connectivity index is 1.84. The highest BCUT2D eigenvalue weighted by molar-refractivity contribution is 5.80. The first-order chi connectivity index (χ1) is 9.16.